The van der Waals surface area contributed by atoms with E-state index in [0.29, 0.717) is 12.4 Å². The molecule has 6 heteroatoms. The third-order valence-corrected chi connectivity index (χ3v) is 3.81. The van der Waals surface area contributed by atoms with Crippen molar-refractivity contribution >= 4 is 11.6 Å². The molecule has 1 aliphatic carbocycles. The Bertz CT molecular complexity index is 433. The van der Waals surface area contributed by atoms with Crippen molar-refractivity contribution in [1.29, 1.82) is 0 Å². The fourth-order valence-corrected chi connectivity index (χ4v) is 2.71. The van der Waals surface area contributed by atoms with Gasteiger partial charge in [-0.1, -0.05) is 19.3 Å². The van der Waals surface area contributed by atoms with E-state index in [4.69, 9.17) is 4.74 Å². The minimum Gasteiger partial charge on any atom is -0.394 e. The molecule has 1 aliphatic rings. The van der Waals surface area contributed by atoms with Crippen molar-refractivity contribution in [3.05, 3.63) is 11.9 Å². The van der Waals surface area contributed by atoms with Gasteiger partial charge in [-0.25, -0.2) is 9.97 Å². The van der Waals surface area contributed by atoms with E-state index in [9.17, 15) is 5.11 Å². The number of nitrogens with one attached hydrogen (secondary N) is 2. The van der Waals surface area contributed by atoms with Gasteiger partial charge in [-0.15, -0.1) is 0 Å². The molecule has 0 unspecified atom stereocenters. The fourth-order valence-electron chi connectivity index (χ4n) is 2.71. The summed E-state index contributed by atoms with van der Waals surface area (Å²) in [5, 5.41) is 16.2. The van der Waals surface area contributed by atoms with Crippen LogP contribution in [0.1, 0.15) is 37.9 Å². The number of aromatic nitrogens is 2. The standard InChI is InChI=1S/C14H24N4O2/c1-15-11-8-12(17-13(16-11)9-20-2)18-14(10-19)6-4-3-5-7-14/h8,19H,3-7,9-10H2,1-2H3,(H2,15,16,17,18). The lowest BCUT2D eigenvalue weighted by Gasteiger charge is -2.37. The van der Waals surface area contributed by atoms with Crippen LogP contribution in [0, 0.1) is 0 Å². The monoisotopic (exact) mass is 280 g/mol. The third-order valence-electron chi connectivity index (χ3n) is 3.81. The number of hydrogen-bond acceptors (Lipinski definition) is 6. The summed E-state index contributed by atoms with van der Waals surface area (Å²) < 4.78 is 5.09. The molecular weight excluding hydrogens is 256 g/mol. The fraction of sp³-hybridized carbons (Fsp3) is 0.714. The molecule has 1 aromatic rings. The second kappa shape index (κ2) is 6.85. The lowest BCUT2D eigenvalue weighted by atomic mass is 9.82. The third kappa shape index (κ3) is 3.58. The van der Waals surface area contributed by atoms with Crippen molar-refractivity contribution in [2.45, 2.75) is 44.2 Å². The van der Waals surface area contributed by atoms with Gasteiger partial charge < -0.3 is 20.5 Å². The van der Waals surface area contributed by atoms with E-state index in [2.05, 4.69) is 20.6 Å². The summed E-state index contributed by atoms with van der Waals surface area (Å²) in [7, 11) is 3.45. The second-order valence-electron chi connectivity index (χ2n) is 5.36. The minimum absolute atomic E-state index is 0.130. The molecule has 0 atom stereocenters. The molecule has 2 rings (SSSR count). The number of anilines is 2. The lowest BCUT2D eigenvalue weighted by molar-refractivity contribution is 0.171. The zero-order chi connectivity index (χ0) is 14.4. The van der Waals surface area contributed by atoms with Gasteiger partial charge in [0.2, 0.25) is 0 Å². The first-order valence-corrected chi connectivity index (χ1v) is 7.15. The molecule has 1 heterocycles. The number of rotatable bonds is 6. The number of nitrogens with zero attached hydrogens (tertiary/aromatic N) is 2. The topological polar surface area (TPSA) is 79.3 Å². The molecule has 1 saturated carbocycles. The Balaban J connectivity index is 2.19. The van der Waals surface area contributed by atoms with Crippen LogP contribution in [0.4, 0.5) is 11.6 Å². The van der Waals surface area contributed by atoms with E-state index in [1.165, 1.54) is 6.42 Å². The predicted molar refractivity (Wildman–Crippen MR) is 78.8 cm³/mol. The zero-order valence-corrected chi connectivity index (χ0v) is 12.3. The van der Waals surface area contributed by atoms with E-state index in [1.54, 1.807) is 7.11 Å². The minimum atomic E-state index is -0.248. The van der Waals surface area contributed by atoms with Gasteiger partial charge in [0.1, 0.15) is 18.2 Å². The molecule has 6 nitrogen and oxygen atoms in total. The highest BCUT2D eigenvalue weighted by molar-refractivity contribution is 5.48. The van der Waals surface area contributed by atoms with Crippen LogP contribution < -0.4 is 10.6 Å². The molecule has 0 aliphatic heterocycles. The van der Waals surface area contributed by atoms with Crippen molar-refractivity contribution in [2.75, 3.05) is 31.4 Å². The van der Waals surface area contributed by atoms with Crippen LogP contribution in [0.15, 0.2) is 6.07 Å². The Morgan fingerprint density at radius 2 is 1.95 bits per heavy atom. The Hall–Kier alpha value is -1.40. The summed E-state index contributed by atoms with van der Waals surface area (Å²) in [5.74, 6) is 2.12. The first-order chi connectivity index (χ1) is 9.71. The largest absolute Gasteiger partial charge is 0.394 e. The highest BCUT2D eigenvalue weighted by Gasteiger charge is 2.31. The average molecular weight is 280 g/mol. The Morgan fingerprint density at radius 3 is 2.55 bits per heavy atom. The molecule has 0 bridgehead atoms. The quantitative estimate of drug-likeness (QED) is 0.737. The van der Waals surface area contributed by atoms with Gasteiger partial charge in [0, 0.05) is 20.2 Å². The summed E-state index contributed by atoms with van der Waals surface area (Å²) in [6.45, 7) is 0.502. The summed E-state index contributed by atoms with van der Waals surface area (Å²) >= 11 is 0. The van der Waals surface area contributed by atoms with Crippen LogP contribution in [0.25, 0.3) is 0 Å². The van der Waals surface area contributed by atoms with Crippen molar-refractivity contribution in [2.24, 2.45) is 0 Å². The van der Waals surface area contributed by atoms with Gasteiger partial charge in [-0.2, -0.15) is 0 Å². The van der Waals surface area contributed by atoms with Crippen LogP contribution in [0.2, 0.25) is 0 Å². The Kier molecular flexibility index (Phi) is 5.14. The molecule has 3 N–H and O–H groups in total. The molecule has 0 aromatic carbocycles. The number of aliphatic hydroxyl groups is 1. The molecule has 0 amide bonds. The van der Waals surface area contributed by atoms with Crippen LogP contribution in [-0.4, -0.2) is 41.4 Å². The average Bonchev–Trinajstić information content (AvgIpc) is 2.48. The number of methoxy groups -OCH3 is 1. The van der Waals surface area contributed by atoms with E-state index >= 15 is 0 Å². The van der Waals surface area contributed by atoms with E-state index < -0.39 is 0 Å². The van der Waals surface area contributed by atoms with Crippen molar-refractivity contribution < 1.29 is 9.84 Å². The molecule has 0 saturated heterocycles. The smallest absolute Gasteiger partial charge is 0.158 e. The molecule has 20 heavy (non-hydrogen) atoms. The zero-order valence-electron chi connectivity index (χ0n) is 12.3. The highest BCUT2D eigenvalue weighted by Crippen LogP contribution is 2.31. The van der Waals surface area contributed by atoms with Crippen LogP contribution in [0.3, 0.4) is 0 Å². The molecule has 1 fully saturated rings. The van der Waals surface area contributed by atoms with Crippen LogP contribution in [-0.2, 0) is 11.3 Å². The Labute approximate surface area is 120 Å². The summed E-state index contributed by atoms with van der Waals surface area (Å²) in [6.07, 6.45) is 5.47. The summed E-state index contributed by atoms with van der Waals surface area (Å²) in [4.78, 5) is 8.79. The van der Waals surface area contributed by atoms with Gasteiger partial charge in [-0.3, -0.25) is 0 Å². The molecular formula is C14H24N4O2. The van der Waals surface area contributed by atoms with Gasteiger partial charge in [0.25, 0.3) is 0 Å². The first-order valence-electron chi connectivity index (χ1n) is 7.15. The van der Waals surface area contributed by atoms with Crippen molar-refractivity contribution in [1.82, 2.24) is 9.97 Å². The second-order valence-corrected chi connectivity index (χ2v) is 5.36. The normalized spacial score (nSPS) is 17.8. The van der Waals surface area contributed by atoms with Gasteiger partial charge in [0.05, 0.1) is 12.1 Å². The molecule has 0 spiro atoms. The van der Waals surface area contributed by atoms with Gasteiger partial charge in [0.15, 0.2) is 5.82 Å². The molecule has 0 radical (unpaired) electrons. The SMILES string of the molecule is CNc1cc(NC2(CO)CCCCC2)nc(COC)n1. The summed E-state index contributed by atoms with van der Waals surface area (Å²) in [6, 6.07) is 1.87. The van der Waals surface area contributed by atoms with Crippen molar-refractivity contribution in [3.8, 4) is 0 Å². The first kappa shape index (κ1) is 15.0. The molecule has 112 valence electrons. The predicted octanol–water partition coefficient (Wildman–Crippen LogP) is 1.77. The van der Waals surface area contributed by atoms with E-state index in [-0.39, 0.29) is 12.1 Å². The lowest BCUT2D eigenvalue weighted by Crippen LogP contribution is -2.44. The van der Waals surface area contributed by atoms with Crippen LogP contribution in [0.5, 0.6) is 0 Å². The maximum absolute atomic E-state index is 9.76. The number of hydrogen-bond donors (Lipinski definition) is 3. The summed E-state index contributed by atoms with van der Waals surface area (Å²) in [5.41, 5.74) is -0.248. The van der Waals surface area contributed by atoms with Crippen LogP contribution >= 0.6 is 0 Å². The molecule has 1 aromatic heterocycles. The Morgan fingerprint density at radius 1 is 1.25 bits per heavy atom. The number of ether oxygens (including phenoxy) is 1. The maximum Gasteiger partial charge on any atom is 0.158 e. The van der Waals surface area contributed by atoms with E-state index in [0.717, 1.165) is 37.3 Å². The number of aliphatic hydroxyl groups excluding tert-OH is 1. The van der Waals surface area contributed by atoms with E-state index in [1.807, 2.05) is 13.1 Å². The van der Waals surface area contributed by atoms with Gasteiger partial charge in [-0.05, 0) is 12.8 Å². The highest BCUT2D eigenvalue weighted by atomic mass is 16.5. The maximum atomic E-state index is 9.76. The van der Waals surface area contributed by atoms with Gasteiger partial charge >= 0.3 is 0 Å². The van der Waals surface area contributed by atoms with Crippen molar-refractivity contribution in [3.63, 3.8) is 0 Å².